The Labute approximate surface area is 104 Å². The lowest BCUT2D eigenvalue weighted by Gasteiger charge is -2.11. The summed E-state index contributed by atoms with van der Waals surface area (Å²) in [5, 5.41) is 8.91. The zero-order chi connectivity index (χ0) is 13.1. The minimum atomic E-state index is -1.04. The highest BCUT2D eigenvalue weighted by Gasteiger charge is 2.23. The molecular weight excluding hydrogens is 236 g/mol. The van der Waals surface area contributed by atoms with E-state index in [1.54, 1.807) is 0 Å². The second-order valence-corrected chi connectivity index (χ2v) is 4.31. The molecule has 0 spiro atoms. The monoisotopic (exact) mass is 250 g/mol. The van der Waals surface area contributed by atoms with Gasteiger partial charge in [-0.3, -0.25) is 4.79 Å². The van der Waals surface area contributed by atoms with Gasteiger partial charge in [0, 0.05) is 6.92 Å². The number of rotatable bonds is 5. The number of benzene rings is 1. The molecule has 1 aliphatic rings. The van der Waals surface area contributed by atoms with Crippen molar-refractivity contribution in [2.75, 3.05) is 6.61 Å². The van der Waals surface area contributed by atoms with E-state index in [0.717, 1.165) is 12.8 Å². The van der Waals surface area contributed by atoms with Gasteiger partial charge in [-0.1, -0.05) is 0 Å². The number of hydrogen-bond donors (Lipinski definition) is 1. The number of carboxylic acid groups (broad SMARTS) is 1. The molecule has 0 aromatic heterocycles. The minimum Gasteiger partial charge on any atom is -0.489 e. The van der Waals surface area contributed by atoms with Crippen molar-refractivity contribution in [1.29, 1.82) is 0 Å². The minimum absolute atomic E-state index is 0.108. The van der Waals surface area contributed by atoms with E-state index in [4.69, 9.17) is 14.6 Å². The summed E-state index contributed by atoms with van der Waals surface area (Å²) in [6, 6.07) is 4.20. The maximum atomic E-state index is 10.9. The zero-order valence-corrected chi connectivity index (χ0v) is 10.0. The highest BCUT2D eigenvalue weighted by atomic mass is 16.6. The third-order valence-electron chi connectivity index (χ3n) is 2.62. The van der Waals surface area contributed by atoms with E-state index < -0.39 is 11.9 Å². The van der Waals surface area contributed by atoms with Crippen LogP contribution in [-0.4, -0.2) is 23.7 Å². The highest BCUT2D eigenvalue weighted by Crippen LogP contribution is 2.33. The number of carboxylic acids is 1. The molecule has 0 unspecified atom stereocenters. The molecule has 1 fully saturated rings. The fraction of sp³-hybridized carbons (Fsp3) is 0.385. The van der Waals surface area contributed by atoms with E-state index in [-0.39, 0.29) is 11.3 Å². The van der Waals surface area contributed by atoms with Crippen molar-refractivity contribution in [1.82, 2.24) is 0 Å². The number of hydrogen-bond acceptors (Lipinski definition) is 4. The smallest absolute Gasteiger partial charge is 0.335 e. The fourth-order valence-corrected chi connectivity index (χ4v) is 1.49. The SMILES string of the molecule is CC(=O)Oc1ccc(C(=O)O)cc1OCC1CC1. The summed E-state index contributed by atoms with van der Waals surface area (Å²) in [6.45, 7) is 1.81. The largest absolute Gasteiger partial charge is 0.489 e. The number of aromatic carboxylic acids is 1. The second kappa shape index (κ2) is 5.08. The molecule has 1 aliphatic carbocycles. The average Bonchev–Trinajstić information content (AvgIpc) is 3.10. The summed E-state index contributed by atoms with van der Waals surface area (Å²) >= 11 is 0. The van der Waals surface area contributed by atoms with Crippen molar-refractivity contribution in [2.24, 2.45) is 5.92 Å². The predicted octanol–water partition coefficient (Wildman–Crippen LogP) is 2.10. The molecule has 1 aromatic carbocycles. The summed E-state index contributed by atoms with van der Waals surface area (Å²) in [5.74, 6) is -0.413. The van der Waals surface area contributed by atoms with E-state index >= 15 is 0 Å². The van der Waals surface area contributed by atoms with Crippen molar-refractivity contribution >= 4 is 11.9 Å². The molecule has 0 heterocycles. The van der Waals surface area contributed by atoms with Crippen molar-refractivity contribution in [3.05, 3.63) is 23.8 Å². The van der Waals surface area contributed by atoms with Crippen LogP contribution in [0.2, 0.25) is 0 Å². The molecule has 0 atom stereocenters. The van der Waals surface area contributed by atoms with E-state index in [0.29, 0.717) is 18.3 Å². The van der Waals surface area contributed by atoms with Gasteiger partial charge in [-0.05, 0) is 37.0 Å². The number of carbonyl (C=O) groups is 2. The van der Waals surface area contributed by atoms with Gasteiger partial charge in [-0.2, -0.15) is 0 Å². The molecule has 0 saturated heterocycles. The quantitative estimate of drug-likeness (QED) is 0.640. The Balaban J connectivity index is 2.19. The molecule has 1 N–H and O–H groups in total. The van der Waals surface area contributed by atoms with Gasteiger partial charge < -0.3 is 14.6 Å². The van der Waals surface area contributed by atoms with Crippen LogP contribution in [0.15, 0.2) is 18.2 Å². The fourth-order valence-electron chi connectivity index (χ4n) is 1.49. The van der Waals surface area contributed by atoms with E-state index in [1.165, 1.54) is 25.1 Å². The van der Waals surface area contributed by atoms with Gasteiger partial charge in [0.2, 0.25) is 0 Å². The van der Waals surface area contributed by atoms with Gasteiger partial charge in [-0.15, -0.1) is 0 Å². The maximum absolute atomic E-state index is 10.9. The Hall–Kier alpha value is -2.04. The van der Waals surface area contributed by atoms with Crippen LogP contribution in [0.3, 0.4) is 0 Å². The number of ether oxygens (including phenoxy) is 2. The van der Waals surface area contributed by atoms with Crippen LogP contribution in [-0.2, 0) is 4.79 Å². The number of carbonyl (C=O) groups excluding carboxylic acids is 1. The van der Waals surface area contributed by atoms with Crippen LogP contribution < -0.4 is 9.47 Å². The van der Waals surface area contributed by atoms with Gasteiger partial charge in [0.15, 0.2) is 11.5 Å². The van der Waals surface area contributed by atoms with Gasteiger partial charge in [0.1, 0.15) is 0 Å². The molecular formula is C13H14O5. The normalized spacial score (nSPS) is 14.1. The topological polar surface area (TPSA) is 72.8 Å². The molecule has 1 aromatic rings. The lowest BCUT2D eigenvalue weighted by atomic mass is 10.2. The summed E-state index contributed by atoms with van der Waals surface area (Å²) in [4.78, 5) is 21.8. The van der Waals surface area contributed by atoms with Crippen molar-refractivity contribution in [3.8, 4) is 11.5 Å². The predicted molar refractivity (Wildman–Crippen MR) is 62.9 cm³/mol. The van der Waals surface area contributed by atoms with Crippen LogP contribution in [0.25, 0.3) is 0 Å². The van der Waals surface area contributed by atoms with Crippen molar-refractivity contribution in [3.63, 3.8) is 0 Å². The van der Waals surface area contributed by atoms with Crippen LogP contribution in [0.5, 0.6) is 11.5 Å². The molecule has 18 heavy (non-hydrogen) atoms. The van der Waals surface area contributed by atoms with E-state index in [2.05, 4.69) is 0 Å². The summed E-state index contributed by atoms with van der Waals surface area (Å²) in [5.41, 5.74) is 0.108. The lowest BCUT2D eigenvalue weighted by molar-refractivity contribution is -0.132. The van der Waals surface area contributed by atoms with Crippen LogP contribution in [0, 0.1) is 5.92 Å². The molecule has 0 aliphatic heterocycles. The molecule has 96 valence electrons. The molecule has 1 saturated carbocycles. The Morgan fingerprint density at radius 1 is 1.33 bits per heavy atom. The Morgan fingerprint density at radius 3 is 2.61 bits per heavy atom. The van der Waals surface area contributed by atoms with Crippen LogP contribution in [0.4, 0.5) is 0 Å². The molecule has 0 radical (unpaired) electrons. The molecule has 5 heteroatoms. The summed E-state index contributed by atoms with van der Waals surface area (Å²) < 4.78 is 10.5. The summed E-state index contributed by atoms with van der Waals surface area (Å²) in [7, 11) is 0. The van der Waals surface area contributed by atoms with Gasteiger partial charge in [-0.25, -0.2) is 4.79 Å². The Bertz CT molecular complexity index is 476. The first-order valence-corrected chi connectivity index (χ1v) is 5.75. The van der Waals surface area contributed by atoms with Gasteiger partial charge in [0.05, 0.1) is 12.2 Å². The summed E-state index contributed by atoms with van der Waals surface area (Å²) in [6.07, 6.45) is 2.25. The zero-order valence-electron chi connectivity index (χ0n) is 10.0. The lowest BCUT2D eigenvalue weighted by Crippen LogP contribution is -2.07. The Morgan fingerprint density at radius 2 is 2.06 bits per heavy atom. The molecule has 0 bridgehead atoms. The Kier molecular flexibility index (Phi) is 3.50. The second-order valence-electron chi connectivity index (χ2n) is 4.31. The first kappa shape index (κ1) is 12.4. The third-order valence-corrected chi connectivity index (χ3v) is 2.62. The first-order chi connectivity index (χ1) is 8.56. The van der Waals surface area contributed by atoms with E-state index in [9.17, 15) is 9.59 Å². The first-order valence-electron chi connectivity index (χ1n) is 5.75. The standard InChI is InChI=1S/C13H14O5/c1-8(14)18-11-5-4-10(13(15)16)6-12(11)17-7-9-2-3-9/h4-6,9H,2-3,7H2,1H3,(H,15,16). The highest BCUT2D eigenvalue weighted by molar-refractivity contribution is 5.88. The van der Waals surface area contributed by atoms with Crippen LogP contribution in [0.1, 0.15) is 30.1 Å². The number of esters is 1. The molecule has 2 rings (SSSR count). The van der Waals surface area contributed by atoms with Gasteiger partial charge >= 0.3 is 11.9 Å². The third kappa shape index (κ3) is 3.23. The average molecular weight is 250 g/mol. The maximum Gasteiger partial charge on any atom is 0.335 e. The van der Waals surface area contributed by atoms with E-state index in [1.807, 2.05) is 0 Å². The van der Waals surface area contributed by atoms with Gasteiger partial charge in [0.25, 0.3) is 0 Å². The molecule has 5 nitrogen and oxygen atoms in total. The van der Waals surface area contributed by atoms with Crippen molar-refractivity contribution in [2.45, 2.75) is 19.8 Å². The van der Waals surface area contributed by atoms with Crippen molar-refractivity contribution < 1.29 is 24.2 Å². The molecule has 0 amide bonds. The van der Waals surface area contributed by atoms with Crippen LogP contribution >= 0.6 is 0 Å².